The van der Waals surface area contributed by atoms with E-state index in [2.05, 4.69) is 10.5 Å². The fraction of sp³-hybridized carbons (Fsp3) is 0.0400. The van der Waals surface area contributed by atoms with E-state index < -0.39 is 16.4 Å². The molecule has 2 N–H and O–H groups in total. The molecule has 0 spiro atoms. The summed E-state index contributed by atoms with van der Waals surface area (Å²) in [5.74, 6) is -0.193. The Bertz CT molecular complexity index is 1310. The maximum atomic E-state index is 13.0. The van der Waals surface area contributed by atoms with Gasteiger partial charge in [0.2, 0.25) is 0 Å². The van der Waals surface area contributed by atoms with Gasteiger partial charge < -0.3 is 9.52 Å². The molecule has 0 radical (unpaired) electrons. The van der Waals surface area contributed by atoms with Crippen LogP contribution in [-0.2, 0) is 10.4 Å². The van der Waals surface area contributed by atoms with Gasteiger partial charge in [0.05, 0.1) is 16.2 Å². The number of hydrazone groups is 1. The number of furan rings is 1. The highest BCUT2D eigenvalue weighted by molar-refractivity contribution is 6.33. The molecule has 1 amide bonds. The number of halogens is 1. The molecule has 4 rings (SSSR count). The summed E-state index contributed by atoms with van der Waals surface area (Å²) in [4.78, 5) is 23.6. The quantitative estimate of drug-likeness (QED) is 0.224. The fourth-order valence-electron chi connectivity index (χ4n) is 3.41. The first-order chi connectivity index (χ1) is 16.4. The Kier molecular flexibility index (Phi) is 6.53. The number of hydrogen-bond donors (Lipinski definition) is 2. The van der Waals surface area contributed by atoms with Gasteiger partial charge in [-0.25, -0.2) is 5.43 Å². The molecular weight excluding hydrogens is 458 g/mol. The lowest BCUT2D eigenvalue weighted by atomic mass is 9.85. The molecule has 0 aliphatic heterocycles. The molecule has 9 heteroatoms. The molecule has 0 unspecified atom stereocenters. The van der Waals surface area contributed by atoms with Crippen LogP contribution in [0.1, 0.15) is 16.9 Å². The van der Waals surface area contributed by atoms with E-state index in [1.807, 2.05) is 0 Å². The Labute approximate surface area is 199 Å². The van der Waals surface area contributed by atoms with E-state index >= 15 is 0 Å². The molecule has 8 nitrogen and oxygen atoms in total. The topological polar surface area (TPSA) is 118 Å². The molecule has 0 aliphatic carbocycles. The van der Waals surface area contributed by atoms with Crippen LogP contribution in [0.2, 0.25) is 5.02 Å². The normalized spacial score (nSPS) is 11.5. The SMILES string of the molecule is O=C(NN=Cc1ccc(-c2cc([N+](=O)[O-])ccc2Cl)o1)C(O)(c1ccccc1)c1ccccc1. The number of benzene rings is 3. The Morgan fingerprint density at radius 2 is 1.62 bits per heavy atom. The zero-order chi connectivity index (χ0) is 24.1. The van der Waals surface area contributed by atoms with Crippen LogP contribution in [-0.4, -0.2) is 22.2 Å². The molecule has 34 heavy (non-hydrogen) atoms. The molecule has 0 atom stereocenters. The summed E-state index contributed by atoms with van der Waals surface area (Å²) in [5, 5.41) is 26.6. The van der Waals surface area contributed by atoms with Gasteiger partial charge in [-0.1, -0.05) is 72.3 Å². The van der Waals surface area contributed by atoms with Crippen molar-refractivity contribution in [2.24, 2.45) is 5.10 Å². The highest BCUT2D eigenvalue weighted by atomic mass is 35.5. The third kappa shape index (κ3) is 4.59. The third-order valence-electron chi connectivity index (χ3n) is 5.12. The number of amides is 1. The van der Waals surface area contributed by atoms with E-state index in [0.29, 0.717) is 22.5 Å². The lowest BCUT2D eigenvalue weighted by Gasteiger charge is -2.26. The van der Waals surface area contributed by atoms with E-state index in [9.17, 15) is 20.0 Å². The third-order valence-corrected chi connectivity index (χ3v) is 5.45. The number of non-ortho nitro benzene ring substituents is 1. The van der Waals surface area contributed by atoms with Crippen molar-refractivity contribution < 1.29 is 19.2 Å². The monoisotopic (exact) mass is 475 g/mol. The zero-order valence-corrected chi connectivity index (χ0v) is 18.3. The first-order valence-electron chi connectivity index (χ1n) is 10.1. The van der Waals surface area contributed by atoms with Gasteiger partial charge in [0.15, 0.2) is 5.60 Å². The molecule has 0 saturated carbocycles. The standard InChI is InChI=1S/C25H18ClN3O5/c26-22-13-11-19(29(32)33)15-21(22)23-14-12-20(34-23)16-27-28-24(30)25(31,17-7-3-1-4-8-17)18-9-5-2-6-10-18/h1-16,31H,(H,28,30). The van der Waals surface area contributed by atoms with Crippen LogP contribution in [0.25, 0.3) is 11.3 Å². The van der Waals surface area contributed by atoms with Gasteiger partial charge in [-0.15, -0.1) is 0 Å². The van der Waals surface area contributed by atoms with Crippen molar-refractivity contribution in [3.8, 4) is 11.3 Å². The van der Waals surface area contributed by atoms with E-state index in [1.54, 1.807) is 72.8 Å². The number of rotatable bonds is 7. The van der Waals surface area contributed by atoms with Crippen molar-refractivity contribution in [2.45, 2.75) is 5.60 Å². The van der Waals surface area contributed by atoms with Gasteiger partial charge in [-0.2, -0.15) is 5.10 Å². The minimum absolute atomic E-state index is 0.126. The van der Waals surface area contributed by atoms with E-state index in [-0.39, 0.29) is 16.5 Å². The minimum atomic E-state index is -1.97. The van der Waals surface area contributed by atoms with Gasteiger partial charge in [0.25, 0.3) is 11.6 Å². The second-order valence-corrected chi connectivity index (χ2v) is 7.67. The van der Waals surface area contributed by atoms with Crippen LogP contribution in [0.4, 0.5) is 5.69 Å². The highest BCUT2D eigenvalue weighted by Gasteiger charge is 2.39. The van der Waals surface area contributed by atoms with Gasteiger partial charge in [0, 0.05) is 17.7 Å². The van der Waals surface area contributed by atoms with Crippen molar-refractivity contribution in [1.29, 1.82) is 0 Å². The van der Waals surface area contributed by atoms with Crippen LogP contribution in [0.5, 0.6) is 0 Å². The average Bonchev–Trinajstić information content (AvgIpc) is 3.33. The first kappa shape index (κ1) is 22.9. The first-order valence-corrected chi connectivity index (χ1v) is 10.5. The summed E-state index contributed by atoms with van der Waals surface area (Å²) in [6.45, 7) is 0. The minimum Gasteiger partial charge on any atom is -0.455 e. The molecule has 0 saturated heterocycles. The maximum Gasteiger partial charge on any atom is 0.281 e. The Balaban J connectivity index is 1.56. The molecular formula is C25H18ClN3O5. The fourth-order valence-corrected chi connectivity index (χ4v) is 3.62. The van der Waals surface area contributed by atoms with Gasteiger partial charge in [0.1, 0.15) is 11.5 Å². The van der Waals surface area contributed by atoms with Crippen molar-refractivity contribution in [1.82, 2.24) is 5.43 Å². The summed E-state index contributed by atoms with van der Waals surface area (Å²) < 4.78 is 5.65. The summed E-state index contributed by atoms with van der Waals surface area (Å²) in [6.07, 6.45) is 1.25. The number of nitro groups is 1. The number of nitro benzene ring substituents is 1. The zero-order valence-electron chi connectivity index (χ0n) is 17.6. The smallest absolute Gasteiger partial charge is 0.281 e. The van der Waals surface area contributed by atoms with Crippen molar-refractivity contribution in [3.63, 3.8) is 0 Å². The molecule has 0 aliphatic rings. The molecule has 0 bridgehead atoms. The number of aliphatic hydroxyl groups is 1. The molecule has 0 fully saturated rings. The Morgan fingerprint density at radius 1 is 1.00 bits per heavy atom. The maximum absolute atomic E-state index is 13.0. The molecule has 4 aromatic rings. The molecule has 1 heterocycles. The van der Waals surface area contributed by atoms with E-state index in [1.165, 1.54) is 24.4 Å². The van der Waals surface area contributed by atoms with Gasteiger partial charge in [-0.3, -0.25) is 14.9 Å². The number of carbonyl (C=O) groups is 1. The second-order valence-electron chi connectivity index (χ2n) is 7.26. The Hall–Kier alpha value is -4.27. The van der Waals surface area contributed by atoms with Crippen LogP contribution in [0.3, 0.4) is 0 Å². The summed E-state index contributed by atoms with van der Waals surface area (Å²) >= 11 is 6.16. The largest absolute Gasteiger partial charge is 0.455 e. The number of carbonyl (C=O) groups excluding carboxylic acids is 1. The number of nitrogens with zero attached hydrogens (tertiary/aromatic N) is 2. The average molecular weight is 476 g/mol. The van der Waals surface area contributed by atoms with Gasteiger partial charge in [-0.05, 0) is 29.3 Å². The lowest BCUT2D eigenvalue weighted by Crippen LogP contribution is -2.43. The molecule has 170 valence electrons. The van der Waals surface area contributed by atoms with Crippen LogP contribution in [0, 0.1) is 10.1 Å². The van der Waals surface area contributed by atoms with Crippen LogP contribution < -0.4 is 5.43 Å². The van der Waals surface area contributed by atoms with Crippen LogP contribution in [0.15, 0.2) is 101 Å². The highest BCUT2D eigenvalue weighted by Crippen LogP contribution is 2.32. The predicted molar refractivity (Wildman–Crippen MR) is 127 cm³/mol. The lowest BCUT2D eigenvalue weighted by molar-refractivity contribution is -0.384. The van der Waals surface area contributed by atoms with Crippen LogP contribution >= 0.6 is 11.6 Å². The summed E-state index contributed by atoms with van der Waals surface area (Å²) in [5.41, 5.74) is 1.38. The van der Waals surface area contributed by atoms with E-state index in [0.717, 1.165) is 0 Å². The summed E-state index contributed by atoms with van der Waals surface area (Å²) in [7, 11) is 0. The predicted octanol–water partition coefficient (Wildman–Crippen LogP) is 4.89. The molecule has 1 aromatic heterocycles. The number of hydrogen-bond acceptors (Lipinski definition) is 6. The van der Waals surface area contributed by atoms with Gasteiger partial charge >= 0.3 is 0 Å². The van der Waals surface area contributed by atoms with Crippen molar-refractivity contribution >= 4 is 29.4 Å². The van der Waals surface area contributed by atoms with Crippen molar-refractivity contribution in [2.75, 3.05) is 0 Å². The van der Waals surface area contributed by atoms with E-state index in [4.69, 9.17) is 16.0 Å². The van der Waals surface area contributed by atoms with Crippen molar-refractivity contribution in [3.05, 3.63) is 123 Å². The second kappa shape index (κ2) is 9.70. The number of nitrogens with one attached hydrogen (secondary N) is 1. The Morgan fingerprint density at radius 3 is 2.21 bits per heavy atom. The molecule has 3 aromatic carbocycles. The summed E-state index contributed by atoms with van der Waals surface area (Å²) in [6, 6.07) is 24.3.